The molecule has 2 aromatic rings. The van der Waals surface area contributed by atoms with Crippen molar-refractivity contribution in [1.82, 2.24) is 0 Å². The number of rotatable bonds is 8. The van der Waals surface area contributed by atoms with E-state index in [9.17, 15) is 4.57 Å². The quantitative estimate of drug-likeness (QED) is 0.365. The SMILES string of the molecule is CCOP(=O)(Cc1ccc(/C=C/c2ccc(C(C)(C)C)cc2)cc1)OCC. The Morgan fingerprint density at radius 2 is 1.26 bits per heavy atom. The molecular weight excluding hydrogens is 355 g/mol. The zero-order valence-electron chi connectivity index (χ0n) is 17.1. The molecule has 0 atom stereocenters. The minimum absolute atomic E-state index is 0.167. The topological polar surface area (TPSA) is 35.5 Å². The molecule has 0 N–H and O–H groups in total. The van der Waals surface area contributed by atoms with Crippen LogP contribution in [0.15, 0.2) is 48.5 Å². The fraction of sp³-hybridized carbons (Fsp3) is 0.391. The standard InChI is InChI=1S/C23H31O3P/c1-6-25-27(24,26-7-2)18-21-12-10-19(11-13-21)8-9-20-14-16-22(17-15-20)23(3,4)5/h8-17H,6-7,18H2,1-5H3/b9-8+. The summed E-state index contributed by atoms with van der Waals surface area (Å²) in [6.07, 6.45) is 4.49. The third-order valence-electron chi connectivity index (χ3n) is 4.25. The molecule has 0 bridgehead atoms. The highest BCUT2D eigenvalue weighted by atomic mass is 31.2. The van der Waals surface area contributed by atoms with Gasteiger partial charge in [-0.2, -0.15) is 0 Å². The molecule has 0 aliphatic carbocycles. The van der Waals surface area contributed by atoms with E-state index in [-0.39, 0.29) is 5.41 Å². The largest absolute Gasteiger partial charge is 0.335 e. The van der Waals surface area contributed by atoms with Crippen molar-refractivity contribution in [2.75, 3.05) is 13.2 Å². The summed E-state index contributed by atoms with van der Waals surface area (Å²) in [6, 6.07) is 16.7. The molecule has 4 heteroatoms. The van der Waals surface area contributed by atoms with Crippen LogP contribution in [0.4, 0.5) is 0 Å². The lowest BCUT2D eigenvalue weighted by Gasteiger charge is -2.18. The van der Waals surface area contributed by atoms with Crippen molar-refractivity contribution in [2.45, 2.75) is 46.2 Å². The van der Waals surface area contributed by atoms with Crippen molar-refractivity contribution in [1.29, 1.82) is 0 Å². The van der Waals surface area contributed by atoms with Gasteiger partial charge in [0, 0.05) is 0 Å². The lowest BCUT2D eigenvalue weighted by molar-refractivity contribution is 0.219. The van der Waals surface area contributed by atoms with Gasteiger partial charge in [0.15, 0.2) is 0 Å². The summed E-state index contributed by atoms with van der Waals surface area (Å²) >= 11 is 0. The van der Waals surface area contributed by atoms with Crippen LogP contribution in [0.5, 0.6) is 0 Å². The summed E-state index contributed by atoms with van der Waals surface area (Å²) in [6.45, 7) is 11.1. The highest BCUT2D eigenvalue weighted by Gasteiger charge is 2.23. The zero-order chi connectivity index (χ0) is 19.9. The molecule has 0 saturated heterocycles. The molecule has 3 nitrogen and oxygen atoms in total. The molecule has 0 aliphatic heterocycles. The maximum absolute atomic E-state index is 12.6. The van der Waals surface area contributed by atoms with E-state index in [1.807, 2.05) is 38.1 Å². The summed E-state index contributed by atoms with van der Waals surface area (Å²) in [5, 5.41) is 0. The molecule has 0 aromatic heterocycles. The van der Waals surface area contributed by atoms with E-state index in [4.69, 9.17) is 9.05 Å². The van der Waals surface area contributed by atoms with E-state index >= 15 is 0 Å². The van der Waals surface area contributed by atoms with E-state index in [1.54, 1.807) is 0 Å². The van der Waals surface area contributed by atoms with Crippen molar-refractivity contribution in [3.8, 4) is 0 Å². The van der Waals surface area contributed by atoms with Crippen molar-refractivity contribution in [3.63, 3.8) is 0 Å². The number of hydrogen-bond donors (Lipinski definition) is 0. The third kappa shape index (κ3) is 6.77. The van der Waals surface area contributed by atoms with Crippen LogP contribution in [0, 0.1) is 0 Å². The molecule has 0 heterocycles. The lowest BCUT2D eigenvalue weighted by atomic mass is 9.87. The summed E-state index contributed by atoms with van der Waals surface area (Å²) in [5.74, 6) is 0. The average molecular weight is 386 g/mol. The maximum Gasteiger partial charge on any atom is 0.335 e. The molecule has 0 amide bonds. The highest BCUT2D eigenvalue weighted by Crippen LogP contribution is 2.51. The van der Waals surface area contributed by atoms with Crippen LogP contribution in [-0.4, -0.2) is 13.2 Å². The predicted molar refractivity (Wildman–Crippen MR) is 115 cm³/mol. The van der Waals surface area contributed by atoms with Crippen molar-refractivity contribution in [3.05, 3.63) is 70.8 Å². The van der Waals surface area contributed by atoms with Gasteiger partial charge in [-0.25, -0.2) is 0 Å². The van der Waals surface area contributed by atoms with Crippen LogP contribution >= 0.6 is 7.60 Å². The fourth-order valence-electron chi connectivity index (χ4n) is 2.77. The Kier molecular flexibility index (Phi) is 7.61. The van der Waals surface area contributed by atoms with Crippen LogP contribution in [0.25, 0.3) is 12.2 Å². The molecular formula is C23H31O3P. The molecule has 27 heavy (non-hydrogen) atoms. The summed E-state index contributed by atoms with van der Waals surface area (Å²) in [7, 11) is -3.06. The van der Waals surface area contributed by atoms with Gasteiger partial charge < -0.3 is 9.05 Å². The van der Waals surface area contributed by atoms with Crippen LogP contribution in [0.2, 0.25) is 0 Å². The molecule has 0 fully saturated rings. The van der Waals surface area contributed by atoms with Gasteiger partial charge in [-0.3, -0.25) is 4.57 Å². The second-order valence-electron chi connectivity index (χ2n) is 7.55. The van der Waals surface area contributed by atoms with Gasteiger partial charge in [0.05, 0.1) is 19.4 Å². The van der Waals surface area contributed by atoms with E-state index in [0.29, 0.717) is 19.4 Å². The Balaban J connectivity index is 2.04. The minimum atomic E-state index is -3.06. The Bertz CT molecular complexity index is 774. The fourth-order valence-corrected chi connectivity index (χ4v) is 4.47. The van der Waals surface area contributed by atoms with E-state index < -0.39 is 7.60 Å². The van der Waals surface area contributed by atoms with Gasteiger partial charge in [0.1, 0.15) is 0 Å². The van der Waals surface area contributed by atoms with Crippen molar-refractivity contribution >= 4 is 19.7 Å². The predicted octanol–water partition coefficient (Wildman–Crippen LogP) is 6.92. The van der Waals surface area contributed by atoms with Gasteiger partial charge in [-0.1, -0.05) is 81.5 Å². The minimum Gasteiger partial charge on any atom is -0.309 e. The smallest absolute Gasteiger partial charge is 0.309 e. The molecule has 2 rings (SSSR count). The van der Waals surface area contributed by atoms with E-state index in [0.717, 1.165) is 11.1 Å². The van der Waals surface area contributed by atoms with Gasteiger partial charge in [-0.15, -0.1) is 0 Å². The third-order valence-corrected chi connectivity index (χ3v) is 6.31. The molecule has 0 saturated carbocycles. The summed E-state index contributed by atoms with van der Waals surface area (Å²) < 4.78 is 23.3. The van der Waals surface area contributed by atoms with Crippen LogP contribution < -0.4 is 0 Å². The Morgan fingerprint density at radius 3 is 1.67 bits per heavy atom. The monoisotopic (exact) mass is 386 g/mol. The Labute approximate surface area is 164 Å². The van der Waals surface area contributed by atoms with Gasteiger partial charge in [0.25, 0.3) is 0 Å². The first-order valence-corrected chi connectivity index (χ1v) is 11.2. The first-order chi connectivity index (χ1) is 12.8. The highest BCUT2D eigenvalue weighted by molar-refractivity contribution is 7.53. The summed E-state index contributed by atoms with van der Waals surface area (Å²) in [5.41, 5.74) is 4.72. The molecule has 0 radical (unpaired) electrons. The summed E-state index contributed by atoms with van der Waals surface area (Å²) in [4.78, 5) is 0. The van der Waals surface area contributed by atoms with Crippen molar-refractivity contribution < 1.29 is 13.6 Å². The molecule has 146 valence electrons. The second kappa shape index (κ2) is 9.50. The maximum atomic E-state index is 12.6. The van der Waals surface area contributed by atoms with Gasteiger partial charge >= 0.3 is 7.60 Å². The van der Waals surface area contributed by atoms with E-state index in [2.05, 4.69) is 57.2 Å². The number of benzene rings is 2. The van der Waals surface area contributed by atoms with Gasteiger partial charge in [0.2, 0.25) is 0 Å². The lowest BCUT2D eigenvalue weighted by Crippen LogP contribution is -2.10. The molecule has 2 aromatic carbocycles. The molecule has 0 aliphatic rings. The normalized spacial score (nSPS) is 12.6. The van der Waals surface area contributed by atoms with E-state index in [1.165, 1.54) is 11.1 Å². The van der Waals surface area contributed by atoms with Crippen molar-refractivity contribution in [2.24, 2.45) is 0 Å². The molecule has 0 spiro atoms. The van der Waals surface area contributed by atoms with Crippen LogP contribution in [-0.2, 0) is 25.2 Å². The number of hydrogen-bond acceptors (Lipinski definition) is 3. The Hall–Kier alpha value is -1.67. The Morgan fingerprint density at radius 1 is 0.815 bits per heavy atom. The first-order valence-electron chi connectivity index (χ1n) is 9.51. The first kappa shape index (κ1) is 21.6. The zero-order valence-corrected chi connectivity index (χ0v) is 18.0. The second-order valence-corrected chi connectivity index (χ2v) is 9.61. The molecule has 0 unspecified atom stereocenters. The van der Waals surface area contributed by atoms with Gasteiger partial charge in [-0.05, 0) is 41.5 Å². The van der Waals surface area contributed by atoms with Crippen LogP contribution in [0.3, 0.4) is 0 Å². The van der Waals surface area contributed by atoms with Crippen LogP contribution in [0.1, 0.15) is 56.9 Å². The average Bonchev–Trinajstić information content (AvgIpc) is 2.61.